The van der Waals surface area contributed by atoms with Gasteiger partial charge in [-0.05, 0) is 111 Å². The lowest BCUT2D eigenvalue weighted by Crippen LogP contribution is -2.67. The van der Waals surface area contributed by atoms with Gasteiger partial charge in [0.1, 0.15) is 116 Å². The van der Waals surface area contributed by atoms with Gasteiger partial charge in [-0.25, -0.2) is 0 Å². The lowest BCUT2D eigenvalue weighted by Gasteiger charge is -2.61. The number of rotatable bonds is 18. The molecular formula is C57H96O28. The van der Waals surface area contributed by atoms with Crippen molar-refractivity contribution in [2.45, 2.75) is 270 Å². The summed E-state index contributed by atoms with van der Waals surface area (Å²) in [6, 6.07) is 0. The number of hydrogen-bond acceptors (Lipinski definition) is 28. The van der Waals surface area contributed by atoms with Gasteiger partial charge in [0.2, 0.25) is 0 Å². The average Bonchev–Trinajstić information content (AvgIpc) is 1.64. The number of fused-ring (bicyclic) bond motifs is 7. The molecule has 0 bridgehead atoms. The summed E-state index contributed by atoms with van der Waals surface area (Å²) in [6.07, 6.45) is -34.1. The van der Waals surface area contributed by atoms with Gasteiger partial charge in [-0.15, -0.1) is 0 Å². The monoisotopic (exact) mass is 1230 g/mol. The van der Waals surface area contributed by atoms with Crippen molar-refractivity contribution in [3.8, 4) is 0 Å². The number of hydrogen-bond donors (Lipinski definition) is 17. The SMILES string of the molecule is C[C@@H](CC[C@@]1(O)O[C@H]2C[C@H]3C4CCC5C[C@@H](O[C@@H]6O[C@H](CO[C@@H]7O[C@H](CO)[C@@H](O)[C@H](O)[C@H]7O)[C@@H](O[C@@H]7O[C@@H](C)[C@H](O)[C@@H](O)[C@H]7O)[C@H](O)[C@H]6O[C@@H]6O[C@H](CO)[C@@H](O)[C@H](O)[C@H]6O)CC[C@]5(C)[C@H]4CC[C@]3(C)[C@H]2[C@@H]1C)CO[C@@H]1O[C@H](CO)[C@@H](O)[C@H](O)[C@H]1O. The first kappa shape index (κ1) is 66.8. The molecule has 17 N–H and O–H groups in total. The van der Waals surface area contributed by atoms with Gasteiger partial charge in [0.25, 0.3) is 0 Å². The lowest BCUT2D eigenvalue weighted by molar-refractivity contribution is -0.395. The van der Waals surface area contributed by atoms with Gasteiger partial charge < -0.3 is 139 Å². The van der Waals surface area contributed by atoms with Crippen molar-refractivity contribution < 1.29 is 139 Å². The Morgan fingerprint density at radius 3 is 1.61 bits per heavy atom. The Balaban J connectivity index is 0.826. The molecule has 0 aromatic rings. The molecule has 10 fully saturated rings. The summed E-state index contributed by atoms with van der Waals surface area (Å²) in [6.45, 7) is 7.51. The zero-order valence-corrected chi connectivity index (χ0v) is 48.8. The van der Waals surface area contributed by atoms with Crippen molar-refractivity contribution in [3.05, 3.63) is 0 Å². The third-order valence-corrected chi connectivity index (χ3v) is 22.2. The molecule has 6 heterocycles. The summed E-state index contributed by atoms with van der Waals surface area (Å²) >= 11 is 0. The Morgan fingerprint density at radius 1 is 0.494 bits per heavy atom. The summed E-state index contributed by atoms with van der Waals surface area (Å²) < 4.78 is 67.0. The van der Waals surface area contributed by atoms with Crippen molar-refractivity contribution in [3.63, 3.8) is 0 Å². The molecule has 10 aliphatic rings. The van der Waals surface area contributed by atoms with Crippen molar-refractivity contribution in [2.75, 3.05) is 33.0 Å². The standard InChI is InChI=1S/C57H96O28/c1-21(19-75-50-43(69)40(66)36(62)30(16-58)79-50)8-13-57(74)22(2)34-29(85-57)15-28-26-7-6-24-14-25(9-11-55(24,4)27(26)10-12-56(28,34)5)78-54-49(84-53-46(72)42(68)38(64)32(18-60)81-53)47(73)48(83-52-45(71)39(65)35(61)23(3)77-52)33(82-54)20-76-51-44(70)41(67)37(63)31(17-59)80-51/h21-54,58-74H,6-20H2,1-5H3/t21-,22-,23-,24?,25-,26?,27-,28-,29-,30+,31+,32+,33+,34-,35-,36+,37+,38+,39+,40-,41-,42-,43+,44+,45+,46+,47-,48+,49+,50+,51+,52-,53-,54+,55-,56-,57+/m0/s1. The van der Waals surface area contributed by atoms with Crippen LogP contribution in [-0.2, 0) is 52.1 Å². The second kappa shape index (κ2) is 26.5. The van der Waals surface area contributed by atoms with Crippen LogP contribution in [0.3, 0.4) is 0 Å². The Kier molecular flexibility index (Phi) is 20.8. The summed E-state index contributed by atoms with van der Waals surface area (Å²) in [4.78, 5) is 0. The molecular weight excluding hydrogens is 1130 g/mol. The highest BCUT2D eigenvalue weighted by Crippen LogP contribution is 2.71. The third kappa shape index (κ3) is 12.4. The maximum absolute atomic E-state index is 12.5. The van der Waals surface area contributed by atoms with Gasteiger partial charge in [0, 0.05) is 12.3 Å². The Labute approximate surface area is 493 Å². The molecule has 0 aromatic heterocycles. The topological polar surface area (TPSA) is 445 Å². The molecule has 4 saturated carbocycles. The average molecular weight is 1230 g/mol. The van der Waals surface area contributed by atoms with Crippen LogP contribution in [0, 0.1) is 52.3 Å². The van der Waals surface area contributed by atoms with Crippen LogP contribution in [0.5, 0.6) is 0 Å². The summed E-state index contributed by atoms with van der Waals surface area (Å²) in [5.74, 6) is -0.282. The van der Waals surface area contributed by atoms with Crippen molar-refractivity contribution in [1.82, 2.24) is 0 Å². The summed E-state index contributed by atoms with van der Waals surface area (Å²) in [5, 5.41) is 182. The minimum Gasteiger partial charge on any atom is -0.394 e. The molecule has 37 atom stereocenters. The minimum absolute atomic E-state index is 0.0999. The molecule has 492 valence electrons. The first-order valence-electron chi connectivity index (χ1n) is 30.7. The molecule has 85 heavy (non-hydrogen) atoms. The van der Waals surface area contributed by atoms with Gasteiger partial charge in [-0.3, -0.25) is 0 Å². The van der Waals surface area contributed by atoms with Crippen LogP contribution >= 0.6 is 0 Å². The van der Waals surface area contributed by atoms with Crippen molar-refractivity contribution >= 4 is 0 Å². The first-order valence-corrected chi connectivity index (χ1v) is 30.7. The van der Waals surface area contributed by atoms with Crippen LogP contribution in [0.15, 0.2) is 0 Å². The van der Waals surface area contributed by atoms with E-state index >= 15 is 0 Å². The predicted molar refractivity (Wildman–Crippen MR) is 283 cm³/mol. The second-order valence-corrected chi connectivity index (χ2v) is 27.1. The smallest absolute Gasteiger partial charge is 0.187 e. The molecule has 6 aliphatic heterocycles. The molecule has 0 amide bonds. The molecule has 2 unspecified atom stereocenters. The van der Waals surface area contributed by atoms with Crippen molar-refractivity contribution in [1.29, 1.82) is 0 Å². The molecule has 6 saturated heterocycles. The molecule has 4 aliphatic carbocycles. The van der Waals surface area contributed by atoms with Crippen LogP contribution < -0.4 is 0 Å². The van der Waals surface area contributed by atoms with Gasteiger partial charge in [-0.1, -0.05) is 27.7 Å². The van der Waals surface area contributed by atoms with Crippen LogP contribution in [0.1, 0.15) is 98.8 Å². The van der Waals surface area contributed by atoms with Crippen LogP contribution in [0.2, 0.25) is 0 Å². The van der Waals surface area contributed by atoms with E-state index in [4.69, 9.17) is 52.1 Å². The number of aliphatic hydroxyl groups excluding tert-OH is 16. The first-order chi connectivity index (χ1) is 40.2. The van der Waals surface area contributed by atoms with E-state index in [0.29, 0.717) is 43.4 Å². The van der Waals surface area contributed by atoms with Crippen molar-refractivity contribution in [2.24, 2.45) is 52.3 Å². The molecule has 0 spiro atoms. The highest BCUT2D eigenvalue weighted by Gasteiger charge is 2.69. The largest absolute Gasteiger partial charge is 0.394 e. The molecule has 10 rings (SSSR count). The Hall–Kier alpha value is -1.12. The minimum atomic E-state index is -1.95. The predicted octanol–water partition coefficient (Wildman–Crippen LogP) is -5.10. The third-order valence-electron chi connectivity index (χ3n) is 22.2. The van der Waals surface area contributed by atoms with Crippen LogP contribution in [-0.4, -0.2) is 291 Å². The van der Waals surface area contributed by atoms with Gasteiger partial charge in [0.05, 0.1) is 51.3 Å². The van der Waals surface area contributed by atoms with E-state index in [0.717, 1.165) is 38.5 Å². The summed E-state index contributed by atoms with van der Waals surface area (Å²) in [7, 11) is 0. The fourth-order valence-corrected chi connectivity index (χ4v) is 17.0. The maximum Gasteiger partial charge on any atom is 0.187 e. The lowest BCUT2D eigenvalue weighted by atomic mass is 9.44. The zero-order chi connectivity index (χ0) is 61.5. The van der Waals surface area contributed by atoms with E-state index in [-0.39, 0.29) is 47.2 Å². The fraction of sp³-hybridized carbons (Fsp3) is 1.00. The van der Waals surface area contributed by atoms with E-state index in [2.05, 4.69) is 20.8 Å². The van der Waals surface area contributed by atoms with E-state index < -0.39 is 192 Å². The molecule has 0 radical (unpaired) electrons. The number of ether oxygens (including phenoxy) is 11. The van der Waals surface area contributed by atoms with E-state index in [1.165, 1.54) is 6.92 Å². The highest BCUT2D eigenvalue weighted by atomic mass is 16.8. The van der Waals surface area contributed by atoms with Gasteiger partial charge in [0.15, 0.2) is 37.2 Å². The van der Waals surface area contributed by atoms with Crippen LogP contribution in [0.4, 0.5) is 0 Å². The van der Waals surface area contributed by atoms with Gasteiger partial charge >= 0.3 is 0 Å². The Bertz CT molecular complexity index is 2170. The second-order valence-electron chi connectivity index (χ2n) is 27.1. The van der Waals surface area contributed by atoms with Gasteiger partial charge in [-0.2, -0.15) is 0 Å². The quantitative estimate of drug-likeness (QED) is 0.0571. The normalized spacial score (nSPS) is 55.8. The van der Waals surface area contributed by atoms with Crippen LogP contribution in [0.25, 0.3) is 0 Å². The molecule has 28 heteroatoms. The zero-order valence-electron chi connectivity index (χ0n) is 48.8. The summed E-state index contributed by atoms with van der Waals surface area (Å²) in [5.41, 5.74) is -0.212. The fourth-order valence-electron chi connectivity index (χ4n) is 17.0. The Morgan fingerprint density at radius 2 is 1.01 bits per heavy atom. The van der Waals surface area contributed by atoms with E-state index in [9.17, 15) is 86.8 Å². The maximum atomic E-state index is 12.5. The highest BCUT2D eigenvalue weighted by molar-refractivity contribution is 5.15. The van der Waals surface area contributed by atoms with E-state index in [1.54, 1.807) is 0 Å². The molecule has 28 nitrogen and oxygen atoms in total. The van der Waals surface area contributed by atoms with E-state index in [1.807, 2.05) is 6.92 Å². The number of aliphatic hydroxyl groups is 17. The molecule has 0 aromatic carbocycles.